The third-order valence-corrected chi connectivity index (χ3v) is 24.4. The lowest BCUT2D eigenvalue weighted by Gasteiger charge is -2.18. The van der Waals surface area contributed by atoms with Gasteiger partial charge in [0.2, 0.25) is 0 Å². The summed E-state index contributed by atoms with van der Waals surface area (Å²) >= 11 is 5.47. The maximum Gasteiger partial charge on any atom is 0.161 e. The molecule has 1 unspecified atom stereocenters. The molecular weight excluding hydrogens is 1310 g/mol. The van der Waals surface area contributed by atoms with Crippen LogP contribution >= 0.6 is 34.0 Å². The predicted octanol–water partition coefficient (Wildman–Crippen LogP) is 24.9. The molecule has 0 N–H and O–H groups in total. The van der Waals surface area contributed by atoms with Crippen molar-refractivity contribution in [2.24, 2.45) is 23.0 Å². The highest BCUT2D eigenvalue weighted by Gasteiger charge is 2.24. The fraction of sp³-hybridized carbons (Fsp3) is 0.0957. The molecule has 6 nitrogen and oxygen atoms in total. The van der Waals surface area contributed by atoms with Crippen molar-refractivity contribution < 1.29 is 0 Å². The van der Waals surface area contributed by atoms with Gasteiger partial charge in [-0.05, 0) is 147 Å². The van der Waals surface area contributed by atoms with Gasteiger partial charge < -0.3 is 9.13 Å². The lowest BCUT2D eigenvalue weighted by Crippen LogP contribution is -2.36. The minimum atomic E-state index is -0.0154. The van der Waals surface area contributed by atoms with E-state index in [1.165, 1.54) is 93.9 Å². The predicted molar refractivity (Wildman–Crippen MR) is 448 cm³/mol. The van der Waals surface area contributed by atoms with Crippen molar-refractivity contribution in [3.8, 4) is 39.3 Å². The van der Waals surface area contributed by atoms with Gasteiger partial charge in [-0.15, -0.1) is 34.0 Å². The van der Waals surface area contributed by atoms with E-state index < -0.39 is 0 Å². The molecule has 9 heteroatoms. The van der Waals surface area contributed by atoms with Gasteiger partial charge in [-0.2, -0.15) is 0 Å². The first-order chi connectivity index (χ1) is 50.6. The average Bonchev–Trinajstić information content (AvgIpc) is 1.61. The fourth-order valence-corrected chi connectivity index (χ4v) is 19.1. The van der Waals surface area contributed by atoms with Crippen LogP contribution in [0.25, 0.3) is 163 Å². The number of aromatic nitrogens is 4. The van der Waals surface area contributed by atoms with E-state index in [9.17, 15) is 0 Å². The molecular formula is C94H72N6S3. The fourth-order valence-electron chi connectivity index (χ4n) is 15.6. The van der Waals surface area contributed by atoms with E-state index in [0.29, 0.717) is 11.5 Å². The van der Waals surface area contributed by atoms with E-state index in [-0.39, 0.29) is 5.92 Å². The van der Waals surface area contributed by atoms with Crippen LogP contribution in [0, 0.1) is 5.92 Å². The van der Waals surface area contributed by atoms with Crippen molar-refractivity contribution in [1.82, 2.24) is 18.7 Å². The van der Waals surface area contributed by atoms with Crippen LogP contribution in [0.15, 0.2) is 290 Å². The van der Waals surface area contributed by atoms with Crippen molar-refractivity contribution in [2.45, 2.75) is 47.0 Å². The highest BCUT2D eigenvalue weighted by molar-refractivity contribution is 7.26. The van der Waals surface area contributed by atoms with E-state index in [1.54, 1.807) is 0 Å². The summed E-state index contributed by atoms with van der Waals surface area (Å²) < 4.78 is 13.3. The summed E-state index contributed by atoms with van der Waals surface area (Å²) in [7, 11) is 2.19. The van der Waals surface area contributed by atoms with E-state index >= 15 is 0 Å². The highest BCUT2D eigenvalue weighted by atomic mass is 32.1. The molecule has 0 fully saturated rings. The van der Waals surface area contributed by atoms with Gasteiger partial charge in [0.05, 0.1) is 39.0 Å². The van der Waals surface area contributed by atoms with Gasteiger partial charge in [0.15, 0.2) is 5.84 Å². The highest BCUT2D eigenvalue weighted by Crippen LogP contribution is 2.44. The van der Waals surface area contributed by atoms with Gasteiger partial charge in [-0.1, -0.05) is 203 Å². The molecule has 17 aromatic rings. The topological polar surface area (TPSA) is 52.4 Å². The Bertz CT molecular complexity index is 6700. The molecule has 10 aromatic carbocycles. The molecule has 1 aliphatic rings. The van der Waals surface area contributed by atoms with Crippen LogP contribution in [0.2, 0.25) is 0 Å². The molecule has 0 radical (unpaired) electrons. The van der Waals surface area contributed by atoms with Crippen molar-refractivity contribution >= 4 is 169 Å². The zero-order chi connectivity index (χ0) is 69.6. The maximum atomic E-state index is 5.95. The van der Waals surface area contributed by atoms with Gasteiger partial charge >= 0.3 is 0 Å². The zero-order valence-electron chi connectivity index (χ0n) is 58.1. The second-order valence-corrected chi connectivity index (χ2v) is 30.1. The van der Waals surface area contributed by atoms with Gasteiger partial charge in [0.1, 0.15) is 5.84 Å². The number of para-hydroxylation sites is 3. The number of benzene rings is 10. The van der Waals surface area contributed by atoms with E-state index in [1.807, 2.05) is 40.1 Å². The number of rotatable bonds is 13. The lowest BCUT2D eigenvalue weighted by molar-refractivity contribution is 0.715. The van der Waals surface area contributed by atoms with Crippen LogP contribution in [-0.4, -0.2) is 30.4 Å². The molecule has 7 aromatic heterocycles. The summed E-state index contributed by atoms with van der Waals surface area (Å²) in [5, 5.41) is 12.8. The Hall–Kier alpha value is -11.6. The van der Waals surface area contributed by atoms with Crippen LogP contribution in [0.1, 0.15) is 74.1 Å². The molecule has 1 aliphatic carbocycles. The first kappa shape index (κ1) is 63.6. The molecule has 496 valence electrons. The van der Waals surface area contributed by atoms with Crippen LogP contribution in [0.5, 0.6) is 0 Å². The number of nitrogens with zero attached hydrogens (tertiary/aromatic N) is 6. The van der Waals surface area contributed by atoms with E-state index in [0.717, 1.165) is 113 Å². The SMILES string of the molecule is C=Cc1c(/C(=C\C)C2=CCCC=C2)sc2ccc(-c3cc(-n4cc(/C=c5\c(=C/C)c6ccccc6n5/C(=N/C(=N\C(=C)c5ccc6sc7ccccc7c6c5)c5ccc6sc7ccccc7c6c5)C(C)CC)c5ccccc54)cc(-c4ccc5c(c4)c4cccc(-c6ccccc6)c4n5C)n3)cc12. The maximum absolute atomic E-state index is 5.95. The first-order valence-electron chi connectivity index (χ1n) is 35.5. The molecule has 0 aliphatic heterocycles. The quantitative estimate of drug-likeness (QED) is 0.0838. The van der Waals surface area contributed by atoms with Gasteiger partial charge in [-0.25, -0.2) is 15.0 Å². The molecule has 18 rings (SSSR count). The molecule has 0 spiro atoms. The summed E-state index contributed by atoms with van der Waals surface area (Å²) in [5.41, 5.74) is 19.0. The molecule has 0 amide bonds. The van der Waals surface area contributed by atoms with Crippen LogP contribution < -0.4 is 10.6 Å². The average molecular weight is 1380 g/mol. The Morgan fingerprint density at radius 3 is 1.88 bits per heavy atom. The summed E-state index contributed by atoms with van der Waals surface area (Å²) in [4.78, 5) is 18.5. The monoisotopic (exact) mass is 1380 g/mol. The van der Waals surface area contributed by atoms with E-state index in [2.05, 4.69) is 328 Å². The number of fused-ring (bicyclic) bond motifs is 12. The molecule has 7 heterocycles. The number of hydrogen-bond donors (Lipinski definition) is 0. The zero-order valence-corrected chi connectivity index (χ0v) is 60.5. The number of amidine groups is 1. The number of allylic oxidation sites excluding steroid dienone is 6. The second kappa shape index (κ2) is 26.1. The third-order valence-electron chi connectivity index (χ3n) is 20.9. The second-order valence-electron chi connectivity index (χ2n) is 26.9. The van der Waals surface area contributed by atoms with Gasteiger partial charge in [0, 0.05) is 151 Å². The van der Waals surface area contributed by atoms with Crippen LogP contribution in [0.4, 0.5) is 0 Å². The lowest BCUT2D eigenvalue weighted by atomic mass is 9.95. The minimum absolute atomic E-state index is 0.0154. The number of thiophene rings is 3. The molecule has 1 atom stereocenters. The number of hydrogen-bond acceptors (Lipinski definition) is 5. The Morgan fingerprint density at radius 1 is 0.563 bits per heavy atom. The van der Waals surface area contributed by atoms with Crippen LogP contribution in [-0.2, 0) is 7.05 Å². The summed E-state index contributed by atoms with van der Waals surface area (Å²) in [6.45, 7) is 18.1. The van der Waals surface area contributed by atoms with Crippen molar-refractivity contribution in [2.75, 3.05) is 0 Å². The van der Waals surface area contributed by atoms with Crippen molar-refractivity contribution in [1.29, 1.82) is 0 Å². The standard InChI is InChI=1S/C94H72N6S3/c1-8-57(5)94(97-93(64-44-48-89-79(52-64)74-34-21-25-40-87(74)102-89)95-58(6)61-42-46-88-78(49-61)73-33-20-24-39-86(73)101-88)100-84-38-23-19-32-72(84)68(10-3)85(100)53-65-56-99(83-37-22-18-31-70(65)83)66-54-80(62-41-45-82-76(50-62)75-36-26-35-71(91(75)98(82)7)60-29-16-13-17-30-60)96-81(55-66)63-43-47-90-77(51-63)69(11-4)92(103-90)67(9-2)59-27-14-12-15-28-59/h9-11,13-14,16-57H,4,6,8,12,15H2,1-3,5,7H3/b67-9-,68-10-,85-53+,95-93-,97-94+. The molecule has 0 bridgehead atoms. The molecule has 0 saturated heterocycles. The van der Waals surface area contributed by atoms with Gasteiger partial charge in [-0.3, -0.25) is 4.57 Å². The Labute approximate surface area is 610 Å². The summed E-state index contributed by atoms with van der Waals surface area (Å²) in [6, 6.07) is 84.1. The minimum Gasteiger partial charge on any atom is -0.343 e. The van der Waals surface area contributed by atoms with Gasteiger partial charge in [0.25, 0.3) is 0 Å². The Kier molecular flexibility index (Phi) is 16.1. The Morgan fingerprint density at radius 2 is 1.18 bits per heavy atom. The van der Waals surface area contributed by atoms with E-state index in [4.69, 9.17) is 21.5 Å². The molecule has 0 saturated carbocycles. The number of aliphatic imine (C=N–C) groups is 2. The first-order valence-corrected chi connectivity index (χ1v) is 38.0. The largest absolute Gasteiger partial charge is 0.343 e. The van der Waals surface area contributed by atoms with Crippen molar-refractivity contribution in [3.63, 3.8) is 0 Å². The number of aryl methyl sites for hydroxylation is 1. The third kappa shape index (κ3) is 10.9. The van der Waals surface area contributed by atoms with Crippen LogP contribution in [0.3, 0.4) is 0 Å². The van der Waals surface area contributed by atoms with Crippen molar-refractivity contribution in [3.05, 3.63) is 317 Å². The molecule has 103 heavy (non-hydrogen) atoms. The summed E-state index contributed by atoms with van der Waals surface area (Å²) in [5.74, 6) is 1.48. The Balaban J connectivity index is 0.840. The smallest absolute Gasteiger partial charge is 0.161 e. The normalized spacial score (nSPS) is 14.0. The summed E-state index contributed by atoms with van der Waals surface area (Å²) in [6.07, 6.45) is 21.2. The number of pyridine rings is 1.